The third-order valence-corrected chi connectivity index (χ3v) is 3.92. The van der Waals surface area contributed by atoms with Gasteiger partial charge in [0.25, 0.3) is 0 Å². The van der Waals surface area contributed by atoms with Gasteiger partial charge in [-0.15, -0.1) is 0 Å². The van der Waals surface area contributed by atoms with Crippen molar-refractivity contribution < 1.29 is 0 Å². The molecule has 0 saturated carbocycles. The normalized spacial score (nSPS) is 12.4. The maximum atomic E-state index is 5.73. The molecule has 100 valence electrons. The Kier molecular flexibility index (Phi) is 4.96. The molecular weight excluding hydrogens is 347 g/mol. The summed E-state index contributed by atoms with van der Waals surface area (Å²) in [6, 6.07) is 15.3. The van der Waals surface area contributed by atoms with E-state index in [1.807, 2.05) is 0 Å². The van der Waals surface area contributed by atoms with Crippen LogP contribution < -0.4 is 11.3 Å². The van der Waals surface area contributed by atoms with Crippen molar-refractivity contribution in [2.24, 2.45) is 5.84 Å². The minimum Gasteiger partial charge on any atom is -0.271 e. The molecule has 2 rings (SSSR count). The number of hydrogen-bond acceptors (Lipinski definition) is 2. The smallest absolute Gasteiger partial charge is 0.0500 e. The van der Waals surface area contributed by atoms with E-state index in [0.29, 0.717) is 0 Å². The van der Waals surface area contributed by atoms with Crippen molar-refractivity contribution in [2.45, 2.75) is 26.3 Å². The minimum absolute atomic E-state index is 0.152. The van der Waals surface area contributed by atoms with Crippen LogP contribution >= 0.6 is 22.6 Å². The molecule has 3 N–H and O–H groups in total. The molecule has 3 heteroatoms. The van der Waals surface area contributed by atoms with Crippen LogP contribution in [0.25, 0.3) is 0 Å². The zero-order chi connectivity index (χ0) is 13.8. The third-order valence-electron chi connectivity index (χ3n) is 3.20. The number of nitrogens with one attached hydrogen (secondary N) is 1. The molecule has 2 aromatic rings. The summed E-state index contributed by atoms with van der Waals surface area (Å²) in [7, 11) is 0. The lowest BCUT2D eigenvalue weighted by Crippen LogP contribution is -2.29. The fourth-order valence-corrected chi connectivity index (χ4v) is 2.70. The number of nitrogens with two attached hydrogens (primary N) is 1. The van der Waals surface area contributed by atoms with Gasteiger partial charge in [0.05, 0.1) is 0 Å². The molecule has 0 spiro atoms. The van der Waals surface area contributed by atoms with Crippen molar-refractivity contribution in [3.05, 3.63) is 68.3 Å². The Morgan fingerprint density at radius 3 is 2.16 bits per heavy atom. The van der Waals surface area contributed by atoms with Gasteiger partial charge in [0, 0.05) is 9.61 Å². The Morgan fingerprint density at radius 2 is 1.63 bits per heavy atom. The lowest BCUT2D eigenvalue weighted by Gasteiger charge is -2.18. The van der Waals surface area contributed by atoms with E-state index < -0.39 is 0 Å². The van der Waals surface area contributed by atoms with E-state index in [4.69, 9.17) is 5.84 Å². The van der Waals surface area contributed by atoms with Gasteiger partial charge < -0.3 is 0 Å². The molecule has 0 aliphatic rings. The van der Waals surface area contributed by atoms with Gasteiger partial charge in [0.15, 0.2) is 0 Å². The van der Waals surface area contributed by atoms with Crippen LogP contribution in [0, 0.1) is 17.4 Å². The van der Waals surface area contributed by atoms with E-state index >= 15 is 0 Å². The van der Waals surface area contributed by atoms with Crippen LogP contribution in [0.5, 0.6) is 0 Å². The van der Waals surface area contributed by atoms with Crippen LogP contribution in [-0.4, -0.2) is 0 Å². The number of aryl methyl sites for hydroxylation is 2. The SMILES string of the molecule is Cc1cc(C)cc(C(Cc2ccc(I)cc2)NN)c1. The highest BCUT2D eigenvalue weighted by Gasteiger charge is 2.11. The average molecular weight is 366 g/mol. The van der Waals surface area contributed by atoms with E-state index in [1.165, 1.54) is 25.8 Å². The van der Waals surface area contributed by atoms with Crippen molar-refractivity contribution in [3.8, 4) is 0 Å². The molecule has 0 bridgehead atoms. The summed E-state index contributed by atoms with van der Waals surface area (Å²) in [5.41, 5.74) is 8.03. The van der Waals surface area contributed by atoms with Gasteiger partial charge in [-0.3, -0.25) is 11.3 Å². The maximum Gasteiger partial charge on any atom is 0.0500 e. The van der Waals surface area contributed by atoms with Gasteiger partial charge in [-0.2, -0.15) is 0 Å². The molecule has 0 aromatic heterocycles. The maximum absolute atomic E-state index is 5.73. The second kappa shape index (κ2) is 6.50. The minimum atomic E-state index is 0.152. The van der Waals surface area contributed by atoms with E-state index in [-0.39, 0.29) is 6.04 Å². The molecular formula is C16H19IN2. The molecule has 0 fully saturated rings. The topological polar surface area (TPSA) is 38.0 Å². The fourth-order valence-electron chi connectivity index (χ4n) is 2.34. The lowest BCUT2D eigenvalue weighted by molar-refractivity contribution is 0.551. The summed E-state index contributed by atoms with van der Waals surface area (Å²) in [5.74, 6) is 5.73. The molecule has 0 aliphatic heterocycles. The molecule has 0 heterocycles. The average Bonchev–Trinajstić information content (AvgIpc) is 2.37. The van der Waals surface area contributed by atoms with E-state index in [9.17, 15) is 0 Å². The predicted molar refractivity (Wildman–Crippen MR) is 88.8 cm³/mol. The van der Waals surface area contributed by atoms with E-state index in [0.717, 1.165) is 6.42 Å². The van der Waals surface area contributed by atoms with Crippen LogP contribution in [0.4, 0.5) is 0 Å². The second-order valence-electron chi connectivity index (χ2n) is 4.97. The molecule has 0 saturated heterocycles. The van der Waals surface area contributed by atoms with Crippen molar-refractivity contribution in [1.29, 1.82) is 0 Å². The molecule has 19 heavy (non-hydrogen) atoms. The fraction of sp³-hybridized carbons (Fsp3) is 0.250. The van der Waals surface area contributed by atoms with Gasteiger partial charge >= 0.3 is 0 Å². The Bertz CT molecular complexity index is 529. The Hall–Kier alpha value is -0.910. The number of benzene rings is 2. The van der Waals surface area contributed by atoms with E-state index in [2.05, 4.69) is 84.3 Å². The zero-order valence-electron chi connectivity index (χ0n) is 11.3. The highest BCUT2D eigenvalue weighted by Crippen LogP contribution is 2.21. The van der Waals surface area contributed by atoms with Crippen LogP contribution in [0.15, 0.2) is 42.5 Å². The quantitative estimate of drug-likeness (QED) is 0.493. The molecule has 0 aliphatic carbocycles. The monoisotopic (exact) mass is 366 g/mol. The first-order chi connectivity index (χ1) is 9.08. The largest absolute Gasteiger partial charge is 0.271 e. The summed E-state index contributed by atoms with van der Waals surface area (Å²) in [5, 5.41) is 0. The molecule has 1 atom stereocenters. The number of halogens is 1. The Balaban J connectivity index is 2.22. The summed E-state index contributed by atoms with van der Waals surface area (Å²) in [4.78, 5) is 0. The third kappa shape index (κ3) is 4.03. The van der Waals surface area contributed by atoms with Crippen LogP contribution in [0.1, 0.15) is 28.3 Å². The van der Waals surface area contributed by atoms with Crippen LogP contribution in [0.2, 0.25) is 0 Å². The van der Waals surface area contributed by atoms with Crippen molar-refractivity contribution in [3.63, 3.8) is 0 Å². The lowest BCUT2D eigenvalue weighted by atomic mass is 9.96. The Labute approximate surface area is 128 Å². The number of rotatable bonds is 4. The van der Waals surface area contributed by atoms with Gasteiger partial charge in [-0.05, 0) is 66.1 Å². The van der Waals surface area contributed by atoms with Crippen molar-refractivity contribution in [1.82, 2.24) is 5.43 Å². The van der Waals surface area contributed by atoms with Crippen LogP contribution in [0.3, 0.4) is 0 Å². The molecule has 0 amide bonds. The Morgan fingerprint density at radius 1 is 1.05 bits per heavy atom. The zero-order valence-corrected chi connectivity index (χ0v) is 13.4. The highest BCUT2D eigenvalue weighted by molar-refractivity contribution is 14.1. The standard InChI is InChI=1S/C16H19IN2/c1-11-7-12(2)9-14(8-11)16(19-18)10-13-3-5-15(17)6-4-13/h3-9,16,19H,10,18H2,1-2H3. The van der Waals surface area contributed by atoms with Gasteiger partial charge in [-0.25, -0.2) is 0 Å². The number of hydrogen-bond donors (Lipinski definition) is 2. The van der Waals surface area contributed by atoms with E-state index in [1.54, 1.807) is 0 Å². The predicted octanol–water partition coefficient (Wildman–Crippen LogP) is 3.66. The van der Waals surface area contributed by atoms with Crippen molar-refractivity contribution in [2.75, 3.05) is 0 Å². The highest BCUT2D eigenvalue weighted by atomic mass is 127. The van der Waals surface area contributed by atoms with Gasteiger partial charge in [-0.1, -0.05) is 41.5 Å². The van der Waals surface area contributed by atoms with Crippen LogP contribution in [-0.2, 0) is 6.42 Å². The summed E-state index contributed by atoms with van der Waals surface area (Å²) in [6.07, 6.45) is 0.899. The summed E-state index contributed by atoms with van der Waals surface area (Å²) < 4.78 is 1.25. The molecule has 2 nitrogen and oxygen atoms in total. The summed E-state index contributed by atoms with van der Waals surface area (Å²) in [6.45, 7) is 4.24. The molecule has 1 unspecified atom stereocenters. The van der Waals surface area contributed by atoms with Crippen molar-refractivity contribution >= 4 is 22.6 Å². The van der Waals surface area contributed by atoms with Gasteiger partial charge in [0.1, 0.15) is 0 Å². The molecule has 2 aromatic carbocycles. The van der Waals surface area contributed by atoms with Gasteiger partial charge in [0.2, 0.25) is 0 Å². The summed E-state index contributed by atoms with van der Waals surface area (Å²) >= 11 is 2.32. The molecule has 0 radical (unpaired) electrons. The first-order valence-electron chi connectivity index (χ1n) is 6.37. The first-order valence-corrected chi connectivity index (χ1v) is 7.45. The number of hydrazine groups is 1. The second-order valence-corrected chi connectivity index (χ2v) is 6.22. The first kappa shape index (κ1) is 14.5.